The van der Waals surface area contributed by atoms with Crippen molar-refractivity contribution in [3.63, 3.8) is 0 Å². The minimum atomic E-state index is -0.186. The van der Waals surface area contributed by atoms with E-state index in [9.17, 15) is 4.79 Å². The molecule has 0 bridgehead atoms. The molecule has 2 heterocycles. The molecule has 3 aromatic rings. The van der Waals surface area contributed by atoms with Crippen molar-refractivity contribution in [2.75, 3.05) is 0 Å². The first-order chi connectivity index (χ1) is 9.65. The number of benzene rings is 1. The van der Waals surface area contributed by atoms with E-state index in [1.54, 1.807) is 12.3 Å². The molecule has 0 aliphatic rings. The summed E-state index contributed by atoms with van der Waals surface area (Å²) < 4.78 is 5.52. The maximum absolute atomic E-state index is 12.3. The van der Waals surface area contributed by atoms with Crippen molar-refractivity contribution >= 4 is 16.8 Å². The fourth-order valence-corrected chi connectivity index (χ4v) is 2.19. The second-order valence-electron chi connectivity index (χ2n) is 4.78. The Morgan fingerprint density at radius 1 is 1.35 bits per heavy atom. The number of aromatic nitrogens is 2. The summed E-state index contributed by atoms with van der Waals surface area (Å²) in [6.45, 7) is 3.77. The molecule has 1 aromatic carbocycles. The number of furan rings is 1. The molecule has 0 saturated carbocycles. The van der Waals surface area contributed by atoms with Crippen molar-refractivity contribution in [1.82, 2.24) is 15.5 Å². The number of H-pyrrole nitrogens is 1. The highest BCUT2D eigenvalue weighted by atomic mass is 16.3. The van der Waals surface area contributed by atoms with E-state index in [0.29, 0.717) is 5.56 Å². The number of aryl methyl sites for hydroxylation is 1. The van der Waals surface area contributed by atoms with Crippen LogP contribution in [0.1, 0.15) is 34.8 Å². The molecular formula is C15H15N3O2. The van der Waals surface area contributed by atoms with Gasteiger partial charge in [-0.25, -0.2) is 0 Å². The van der Waals surface area contributed by atoms with E-state index in [0.717, 1.165) is 22.4 Å². The van der Waals surface area contributed by atoms with Crippen molar-refractivity contribution in [2.45, 2.75) is 19.9 Å². The lowest BCUT2D eigenvalue weighted by atomic mass is 10.1. The zero-order chi connectivity index (χ0) is 14.1. The molecule has 0 spiro atoms. The lowest BCUT2D eigenvalue weighted by Crippen LogP contribution is -2.26. The highest BCUT2D eigenvalue weighted by Gasteiger charge is 2.16. The number of fused-ring (bicyclic) bond motifs is 1. The largest absolute Gasteiger partial charge is 0.464 e. The normalized spacial score (nSPS) is 12.5. The van der Waals surface area contributed by atoms with Gasteiger partial charge in [-0.3, -0.25) is 9.89 Å². The molecule has 1 unspecified atom stereocenters. The average molecular weight is 269 g/mol. The van der Waals surface area contributed by atoms with Crippen LogP contribution in [0.5, 0.6) is 0 Å². The summed E-state index contributed by atoms with van der Waals surface area (Å²) in [6, 6.07) is 9.10. The maximum atomic E-state index is 12.3. The van der Waals surface area contributed by atoms with Crippen molar-refractivity contribution < 1.29 is 9.21 Å². The van der Waals surface area contributed by atoms with Gasteiger partial charge in [-0.05, 0) is 32.0 Å². The predicted molar refractivity (Wildman–Crippen MR) is 75.4 cm³/mol. The highest BCUT2D eigenvalue weighted by molar-refractivity contribution is 6.05. The second-order valence-corrected chi connectivity index (χ2v) is 4.78. The van der Waals surface area contributed by atoms with Crippen LogP contribution in [-0.2, 0) is 0 Å². The van der Waals surface area contributed by atoms with Crippen LogP contribution in [0.4, 0.5) is 0 Å². The minimum Gasteiger partial charge on any atom is -0.464 e. The van der Waals surface area contributed by atoms with E-state index >= 15 is 0 Å². The van der Waals surface area contributed by atoms with E-state index in [2.05, 4.69) is 15.5 Å². The van der Waals surface area contributed by atoms with Crippen LogP contribution in [-0.4, -0.2) is 16.1 Å². The SMILES string of the molecule is Cc1ccc(C(C)NC(=O)c2cccc3cn[nH]c23)o1. The maximum Gasteiger partial charge on any atom is 0.254 e. The van der Waals surface area contributed by atoms with Crippen molar-refractivity contribution in [3.05, 3.63) is 53.6 Å². The number of nitrogens with zero attached hydrogens (tertiary/aromatic N) is 1. The van der Waals surface area contributed by atoms with Crippen LogP contribution in [0.25, 0.3) is 10.9 Å². The van der Waals surface area contributed by atoms with Gasteiger partial charge in [0, 0.05) is 5.39 Å². The summed E-state index contributed by atoms with van der Waals surface area (Å²) in [6.07, 6.45) is 1.70. The van der Waals surface area contributed by atoms with Gasteiger partial charge in [-0.15, -0.1) is 0 Å². The first-order valence-electron chi connectivity index (χ1n) is 6.44. The molecule has 1 atom stereocenters. The third-order valence-corrected chi connectivity index (χ3v) is 3.26. The third kappa shape index (κ3) is 2.18. The lowest BCUT2D eigenvalue weighted by molar-refractivity contribution is 0.0936. The molecule has 0 radical (unpaired) electrons. The Labute approximate surface area is 116 Å². The van der Waals surface area contributed by atoms with Crippen LogP contribution in [0, 0.1) is 6.92 Å². The molecule has 5 heteroatoms. The Morgan fingerprint density at radius 3 is 2.95 bits per heavy atom. The topological polar surface area (TPSA) is 70.9 Å². The molecule has 0 saturated heterocycles. The first kappa shape index (κ1) is 12.5. The van der Waals surface area contributed by atoms with Crippen molar-refractivity contribution in [1.29, 1.82) is 0 Å². The molecular weight excluding hydrogens is 254 g/mol. The standard InChI is InChI=1S/C15H15N3O2/c1-9-6-7-13(20-9)10(2)17-15(19)12-5-3-4-11-8-16-18-14(11)12/h3-8,10H,1-2H3,(H,16,18)(H,17,19). The number of aromatic amines is 1. The predicted octanol–water partition coefficient (Wildman–Crippen LogP) is 2.96. The monoisotopic (exact) mass is 269 g/mol. The van der Waals surface area contributed by atoms with Crippen LogP contribution < -0.4 is 5.32 Å². The summed E-state index contributed by atoms with van der Waals surface area (Å²) >= 11 is 0. The summed E-state index contributed by atoms with van der Waals surface area (Å²) in [5.74, 6) is 1.42. The number of carbonyl (C=O) groups excluding carboxylic acids is 1. The van der Waals surface area contributed by atoms with Gasteiger partial charge in [0.25, 0.3) is 5.91 Å². The molecule has 0 fully saturated rings. The number of nitrogens with one attached hydrogen (secondary N) is 2. The van der Waals surface area contributed by atoms with Gasteiger partial charge in [0.1, 0.15) is 11.5 Å². The van der Waals surface area contributed by atoms with Crippen molar-refractivity contribution in [3.8, 4) is 0 Å². The van der Waals surface area contributed by atoms with E-state index in [1.165, 1.54) is 0 Å². The summed E-state index contributed by atoms with van der Waals surface area (Å²) in [5.41, 5.74) is 1.32. The van der Waals surface area contributed by atoms with Crippen LogP contribution in [0.15, 0.2) is 40.9 Å². The fraction of sp³-hybridized carbons (Fsp3) is 0.200. The molecule has 2 aromatic heterocycles. The summed E-state index contributed by atoms with van der Waals surface area (Å²) in [7, 11) is 0. The molecule has 2 N–H and O–H groups in total. The number of para-hydroxylation sites is 1. The minimum absolute atomic E-state index is 0.151. The molecule has 1 amide bonds. The molecule has 0 aliphatic carbocycles. The average Bonchev–Trinajstić information content (AvgIpc) is 3.06. The Kier molecular flexibility index (Phi) is 3.02. The number of rotatable bonds is 3. The molecule has 20 heavy (non-hydrogen) atoms. The summed E-state index contributed by atoms with van der Waals surface area (Å²) in [4.78, 5) is 12.3. The summed E-state index contributed by atoms with van der Waals surface area (Å²) in [5, 5.41) is 10.7. The number of hydrogen-bond acceptors (Lipinski definition) is 3. The van der Waals surface area contributed by atoms with Gasteiger partial charge >= 0.3 is 0 Å². The van der Waals surface area contributed by atoms with Gasteiger partial charge in [-0.1, -0.05) is 12.1 Å². The van der Waals surface area contributed by atoms with E-state index in [-0.39, 0.29) is 11.9 Å². The lowest BCUT2D eigenvalue weighted by Gasteiger charge is -2.11. The molecule has 0 aliphatic heterocycles. The van der Waals surface area contributed by atoms with Crippen LogP contribution >= 0.6 is 0 Å². The van der Waals surface area contributed by atoms with Gasteiger partial charge in [0.15, 0.2) is 0 Å². The Bertz CT molecular complexity index is 757. The second kappa shape index (κ2) is 4.85. The smallest absolute Gasteiger partial charge is 0.254 e. The Morgan fingerprint density at radius 2 is 2.20 bits per heavy atom. The van der Waals surface area contributed by atoms with Gasteiger partial charge in [0.05, 0.1) is 23.3 Å². The highest BCUT2D eigenvalue weighted by Crippen LogP contribution is 2.19. The van der Waals surface area contributed by atoms with E-state index < -0.39 is 0 Å². The van der Waals surface area contributed by atoms with Crippen LogP contribution in [0.3, 0.4) is 0 Å². The fourth-order valence-electron chi connectivity index (χ4n) is 2.19. The zero-order valence-electron chi connectivity index (χ0n) is 11.3. The number of hydrogen-bond donors (Lipinski definition) is 2. The van der Waals surface area contributed by atoms with Crippen LogP contribution in [0.2, 0.25) is 0 Å². The molecule has 3 rings (SSSR count). The van der Waals surface area contributed by atoms with E-state index in [1.807, 2.05) is 38.1 Å². The molecule has 102 valence electrons. The molecule has 5 nitrogen and oxygen atoms in total. The number of carbonyl (C=O) groups is 1. The third-order valence-electron chi connectivity index (χ3n) is 3.26. The van der Waals surface area contributed by atoms with Crippen molar-refractivity contribution in [2.24, 2.45) is 0 Å². The van der Waals surface area contributed by atoms with Gasteiger partial charge in [0.2, 0.25) is 0 Å². The Balaban J connectivity index is 1.84. The van der Waals surface area contributed by atoms with Gasteiger partial charge < -0.3 is 9.73 Å². The first-order valence-corrected chi connectivity index (χ1v) is 6.44. The van der Waals surface area contributed by atoms with Gasteiger partial charge in [-0.2, -0.15) is 5.10 Å². The zero-order valence-corrected chi connectivity index (χ0v) is 11.3. The Hall–Kier alpha value is -2.56. The van der Waals surface area contributed by atoms with E-state index in [4.69, 9.17) is 4.42 Å². The quantitative estimate of drug-likeness (QED) is 0.768. The number of amides is 1.